The Kier molecular flexibility index (Phi) is 13.6. The Morgan fingerprint density at radius 2 is 1.03 bits per heavy atom. The zero-order valence-electron chi connectivity index (χ0n) is 31.2. The predicted octanol–water partition coefficient (Wildman–Crippen LogP) is 6.51. The Bertz CT molecular complexity index is 2520. The first-order chi connectivity index (χ1) is 27.5. The molecular weight excluding hydrogens is 799 g/mol. The number of aryl methyl sites for hydroxylation is 2. The molecule has 1 aliphatic heterocycles. The van der Waals surface area contributed by atoms with Crippen LogP contribution in [-0.2, 0) is 32.9 Å². The first kappa shape index (κ1) is 42.9. The summed E-state index contributed by atoms with van der Waals surface area (Å²) in [6.07, 6.45) is 1.46. The van der Waals surface area contributed by atoms with Gasteiger partial charge in [-0.05, 0) is 84.6 Å². The molecule has 58 heavy (non-hydrogen) atoms. The number of nitrogens with one attached hydrogen (secondary N) is 2. The minimum absolute atomic E-state index is 0.0357. The molecule has 0 saturated carbocycles. The Morgan fingerprint density at radius 1 is 0.621 bits per heavy atom. The van der Waals surface area contributed by atoms with Crippen molar-refractivity contribution < 1.29 is 54.9 Å². The van der Waals surface area contributed by atoms with Crippen LogP contribution in [0.25, 0.3) is 0 Å². The van der Waals surface area contributed by atoms with Crippen LogP contribution in [0.15, 0.2) is 97.1 Å². The number of hydrogen-bond acceptors (Lipinski definition) is 11. The standard InChI is InChI=1S/C24H21FN2O6S.C16H19FN2O4S/c1-2-15-7-9-22(20(28)13-15)33-21-10-8-16(14-19(21)25)26-34(31,32)12-11-27-23(29)17-5-3-4-6-18(17)24(27)30;1-2-11-3-5-16(14(20)9-11)23-15-6-4-12(10-13(15)17)19-24(21,22)8-7-18/h3-10,13-14,26,28H,2,11-12H2,1H3;3-6,9-10,19-20H,2,7-8,18H2,1H3. The van der Waals surface area contributed by atoms with E-state index < -0.39 is 49.2 Å². The summed E-state index contributed by atoms with van der Waals surface area (Å²) in [6.45, 7) is 3.48. The molecule has 0 saturated heterocycles. The number of aromatic hydroxyl groups is 2. The number of phenolic OH excluding ortho intramolecular Hbond substituents is 2. The lowest BCUT2D eigenvalue weighted by molar-refractivity contribution is 0.0664. The van der Waals surface area contributed by atoms with Gasteiger partial charge in [-0.3, -0.25) is 23.9 Å². The van der Waals surface area contributed by atoms with Crippen LogP contribution in [0.4, 0.5) is 20.2 Å². The number of nitrogens with zero attached hydrogens (tertiary/aromatic N) is 1. The number of phenols is 2. The van der Waals surface area contributed by atoms with Gasteiger partial charge in [0.2, 0.25) is 20.0 Å². The van der Waals surface area contributed by atoms with E-state index in [1.165, 1.54) is 48.5 Å². The summed E-state index contributed by atoms with van der Waals surface area (Å²) < 4.78 is 92.1. The lowest BCUT2D eigenvalue weighted by Gasteiger charge is -2.15. The van der Waals surface area contributed by atoms with Crippen molar-refractivity contribution in [3.63, 3.8) is 0 Å². The molecule has 14 nitrogen and oxygen atoms in total. The predicted molar refractivity (Wildman–Crippen MR) is 214 cm³/mol. The maximum absolute atomic E-state index is 14.5. The maximum atomic E-state index is 14.5. The number of imide groups is 1. The summed E-state index contributed by atoms with van der Waals surface area (Å²) in [5, 5.41) is 19.9. The summed E-state index contributed by atoms with van der Waals surface area (Å²) in [4.78, 5) is 25.6. The molecule has 5 aromatic rings. The first-order valence-electron chi connectivity index (χ1n) is 17.8. The van der Waals surface area contributed by atoms with Crippen molar-refractivity contribution in [1.29, 1.82) is 0 Å². The summed E-state index contributed by atoms with van der Waals surface area (Å²) in [6, 6.07) is 23.0. The number of rotatable bonds is 15. The molecule has 2 amide bonds. The van der Waals surface area contributed by atoms with Crippen LogP contribution in [0.1, 0.15) is 45.7 Å². The van der Waals surface area contributed by atoms with Crippen molar-refractivity contribution in [3.05, 3.63) is 131 Å². The lowest BCUT2D eigenvalue weighted by atomic mass is 10.1. The van der Waals surface area contributed by atoms with Gasteiger partial charge < -0.3 is 25.4 Å². The first-order valence-corrected chi connectivity index (χ1v) is 21.1. The summed E-state index contributed by atoms with van der Waals surface area (Å²) in [5.74, 6) is -3.94. The zero-order chi connectivity index (χ0) is 42.2. The van der Waals surface area contributed by atoms with Gasteiger partial charge in [-0.1, -0.05) is 38.1 Å². The lowest BCUT2D eigenvalue weighted by Crippen LogP contribution is -2.35. The van der Waals surface area contributed by atoms with Gasteiger partial charge in [0, 0.05) is 25.2 Å². The van der Waals surface area contributed by atoms with E-state index in [-0.39, 0.29) is 75.8 Å². The molecular formula is C40H40F2N4O10S2. The van der Waals surface area contributed by atoms with Crippen molar-refractivity contribution in [2.24, 2.45) is 5.73 Å². The number of halogens is 2. The highest BCUT2D eigenvalue weighted by Gasteiger charge is 2.35. The smallest absolute Gasteiger partial charge is 0.261 e. The monoisotopic (exact) mass is 838 g/mol. The van der Waals surface area contributed by atoms with E-state index in [1.807, 2.05) is 13.8 Å². The molecule has 0 aromatic heterocycles. The maximum Gasteiger partial charge on any atom is 0.261 e. The van der Waals surface area contributed by atoms with E-state index in [2.05, 4.69) is 9.44 Å². The second kappa shape index (κ2) is 18.4. The van der Waals surface area contributed by atoms with Crippen molar-refractivity contribution in [1.82, 2.24) is 4.90 Å². The van der Waals surface area contributed by atoms with Gasteiger partial charge in [0.1, 0.15) is 0 Å². The molecule has 0 spiro atoms. The molecule has 1 heterocycles. The average molecular weight is 839 g/mol. The third kappa shape index (κ3) is 10.8. The molecule has 0 unspecified atom stereocenters. The number of hydrogen-bond donors (Lipinski definition) is 5. The second-order valence-electron chi connectivity index (χ2n) is 12.7. The number of anilines is 2. The highest BCUT2D eigenvalue weighted by atomic mass is 32.2. The number of benzene rings is 5. The quantitative estimate of drug-likeness (QED) is 0.0717. The van der Waals surface area contributed by atoms with Crippen LogP contribution in [0, 0.1) is 11.6 Å². The molecule has 0 radical (unpaired) electrons. The van der Waals surface area contributed by atoms with E-state index in [9.17, 15) is 45.4 Å². The van der Waals surface area contributed by atoms with Gasteiger partial charge in [-0.2, -0.15) is 0 Å². The molecule has 306 valence electrons. The number of carbonyl (C=O) groups excluding carboxylic acids is 2. The third-order valence-corrected chi connectivity index (χ3v) is 11.1. The number of nitrogens with two attached hydrogens (primary N) is 1. The van der Waals surface area contributed by atoms with Crippen LogP contribution in [0.3, 0.4) is 0 Å². The molecule has 18 heteroatoms. The molecule has 0 atom stereocenters. The van der Waals surface area contributed by atoms with Crippen LogP contribution >= 0.6 is 0 Å². The minimum atomic E-state index is -4.00. The van der Waals surface area contributed by atoms with Gasteiger partial charge in [-0.15, -0.1) is 0 Å². The number of fused-ring (bicyclic) bond motifs is 1. The largest absolute Gasteiger partial charge is 0.504 e. The normalized spacial score (nSPS) is 12.4. The molecule has 0 fully saturated rings. The molecule has 5 aromatic carbocycles. The second-order valence-corrected chi connectivity index (χ2v) is 16.4. The highest BCUT2D eigenvalue weighted by Crippen LogP contribution is 2.35. The van der Waals surface area contributed by atoms with E-state index in [1.54, 1.807) is 36.4 Å². The average Bonchev–Trinajstić information content (AvgIpc) is 3.42. The number of carbonyl (C=O) groups is 2. The van der Waals surface area contributed by atoms with Crippen LogP contribution in [0.2, 0.25) is 0 Å². The number of sulfonamides is 2. The van der Waals surface area contributed by atoms with Crippen molar-refractivity contribution >= 4 is 43.2 Å². The van der Waals surface area contributed by atoms with Gasteiger partial charge >= 0.3 is 0 Å². The van der Waals surface area contributed by atoms with Crippen molar-refractivity contribution in [2.75, 3.05) is 34.0 Å². The summed E-state index contributed by atoms with van der Waals surface area (Å²) in [5.41, 5.74) is 7.48. The SMILES string of the molecule is CCc1ccc(Oc2ccc(NS(=O)(=O)CCN)cc2F)c(O)c1.CCc1ccc(Oc2ccc(NS(=O)(=O)CCN3C(=O)c4ccccc4C3=O)cc2F)c(O)c1. The van der Waals surface area contributed by atoms with E-state index in [4.69, 9.17) is 15.2 Å². The Morgan fingerprint density at radius 3 is 1.41 bits per heavy atom. The van der Waals surface area contributed by atoms with Gasteiger partial charge in [0.05, 0.1) is 34.0 Å². The molecule has 0 aliphatic carbocycles. The topological polar surface area (TPSA) is 215 Å². The zero-order valence-corrected chi connectivity index (χ0v) is 32.9. The Labute approximate surface area is 333 Å². The fourth-order valence-corrected chi connectivity index (χ4v) is 7.45. The van der Waals surface area contributed by atoms with Gasteiger partial charge in [0.25, 0.3) is 11.8 Å². The fraction of sp³-hybridized carbons (Fsp3) is 0.200. The van der Waals surface area contributed by atoms with Crippen molar-refractivity contribution in [3.8, 4) is 34.5 Å². The van der Waals surface area contributed by atoms with Crippen LogP contribution < -0.4 is 24.7 Å². The van der Waals surface area contributed by atoms with E-state index in [0.717, 1.165) is 34.6 Å². The Balaban J connectivity index is 0.000000235. The minimum Gasteiger partial charge on any atom is -0.504 e. The highest BCUT2D eigenvalue weighted by molar-refractivity contribution is 7.93. The summed E-state index contributed by atoms with van der Waals surface area (Å²) >= 11 is 0. The molecule has 0 bridgehead atoms. The fourth-order valence-electron chi connectivity index (χ4n) is 5.54. The summed E-state index contributed by atoms with van der Waals surface area (Å²) in [7, 11) is -7.61. The van der Waals surface area contributed by atoms with Crippen LogP contribution in [0.5, 0.6) is 34.5 Å². The van der Waals surface area contributed by atoms with E-state index >= 15 is 0 Å². The molecule has 1 aliphatic rings. The van der Waals surface area contributed by atoms with Gasteiger partial charge in [-0.25, -0.2) is 25.6 Å². The van der Waals surface area contributed by atoms with Crippen LogP contribution in [-0.4, -0.2) is 68.4 Å². The molecule has 6 rings (SSSR count). The number of ether oxygens (including phenoxy) is 2. The van der Waals surface area contributed by atoms with E-state index in [0.29, 0.717) is 6.42 Å². The van der Waals surface area contributed by atoms with Crippen molar-refractivity contribution in [2.45, 2.75) is 26.7 Å². The van der Waals surface area contributed by atoms with Gasteiger partial charge in [0.15, 0.2) is 46.1 Å². The number of amides is 2. The molecule has 6 N–H and O–H groups in total. The Hall–Kier alpha value is -6.24. The third-order valence-electron chi connectivity index (χ3n) is 8.56.